The van der Waals surface area contributed by atoms with Crippen LogP contribution in [0.4, 0.5) is 0 Å². The third-order valence-electron chi connectivity index (χ3n) is 4.49. The van der Waals surface area contributed by atoms with Crippen molar-refractivity contribution in [1.29, 1.82) is 0 Å². The zero-order valence-corrected chi connectivity index (χ0v) is 25.6. The smallest absolute Gasteiger partial charge is 0 e. The van der Waals surface area contributed by atoms with Crippen molar-refractivity contribution in [2.75, 3.05) is 0 Å². The molecule has 0 fully saturated rings. The molecule has 0 bridgehead atoms. The van der Waals surface area contributed by atoms with Gasteiger partial charge < -0.3 is 29.6 Å². The first-order chi connectivity index (χ1) is 12.5. The monoisotopic (exact) mass is 580 g/mol. The molecule has 0 aliphatic carbocycles. The normalized spacial score (nSPS) is 12.7. The molecule has 0 aromatic heterocycles. The second-order valence-corrected chi connectivity index (χ2v) is 19.4. The Balaban J connectivity index is 0. The summed E-state index contributed by atoms with van der Waals surface area (Å²) in [7, 11) is -0.202. The quantitative estimate of drug-likeness (QED) is 0.191. The van der Waals surface area contributed by atoms with Gasteiger partial charge in [0.1, 0.15) is 0 Å². The van der Waals surface area contributed by atoms with Gasteiger partial charge in [0.15, 0.2) is 0 Å². The Hall–Kier alpha value is 0.742. The van der Waals surface area contributed by atoms with Crippen LogP contribution in [0.15, 0.2) is 48.5 Å². The minimum absolute atomic E-state index is 0. The molecule has 30 heavy (non-hydrogen) atoms. The van der Waals surface area contributed by atoms with Gasteiger partial charge in [-0.25, -0.2) is 12.1 Å². The summed E-state index contributed by atoms with van der Waals surface area (Å²) in [6, 6.07) is 17.7. The number of hydrogen-bond acceptors (Lipinski definition) is 0. The molecule has 0 unspecified atom stereocenters. The summed E-state index contributed by atoms with van der Waals surface area (Å²) < 4.78 is 0. The van der Waals surface area contributed by atoms with Gasteiger partial charge >= 0.3 is 0 Å². The molecule has 0 radical (unpaired) electrons. The molecule has 0 heterocycles. The van der Waals surface area contributed by atoms with Gasteiger partial charge in [-0.2, -0.15) is 12.1 Å². The summed E-state index contributed by atoms with van der Waals surface area (Å²) in [4.78, 5) is 0. The predicted octanol–water partition coefficient (Wildman–Crippen LogP) is 8.21. The third kappa shape index (κ3) is 10.1. The average molecular weight is 581 g/mol. The molecule has 2 rings (SSSR count). The summed E-state index contributed by atoms with van der Waals surface area (Å²) in [6.45, 7) is 28.3. The maximum absolute atomic E-state index is 2.36. The van der Waals surface area contributed by atoms with E-state index in [9.17, 15) is 0 Å². The van der Waals surface area contributed by atoms with E-state index in [1.165, 1.54) is 0 Å². The van der Waals surface area contributed by atoms with Crippen LogP contribution in [0.25, 0.3) is 0 Å². The van der Waals surface area contributed by atoms with Crippen LogP contribution in [0.5, 0.6) is 0 Å². The van der Waals surface area contributed by atoms with E-state index in [0.717, 1.165) is 0 Å². The zero-order valence-electron chi connectivity index (χ0n) is 21.2. The molecule has 4 heteroatoms. The molecule has 0 aliphatic rings. The van der Waals surface area contributed by atoms with E-state index < -0.39 is 0 Å². The fourth-order valence-electron chi connectivity index (χ4n) is 4.59. The topological polar surface area (TPSA) is 0 Å². The van der Waals surface area contributed by atoms with Gasteiger partial charge in [0.2, 0.25) is 0 Å². The zero-order chi connectivity index (χ0) is 22.0. The fourth-order valence-corrected chi connectivity index (χ4v) is 12.7. The average Bonchev–Trinajstić information content (AvgIpc) is 3.06. The van der Waals surface area contributed by atoms with Crippen LogP contribution in [-0.4, -0.2) is 20.6 Å². The Kier molecular flexibility index (Phi) is 13.5. The fraction of sp³-hybridized carbons (Fsp3) is 0.615. The van der Waals surface area contributed by atoms with Crippen molar-refractivity contribution in [3.8, 4) is 0 Å². The Morgan fingerprint density at radius 3 is 1.13 bits per heavy atom. The Morgan fingerprint density at radius 2 is 0.867 bits per heavy atom. The van der Waals surface area contributed by atoms with E-state index in [1.54, 1.807) is 10.6 Å². The molecular weight excluding hydrogens is 536 g/mol. The van der Waals surface area contributed by atoms with Crippen LogP contribution in [0.1, 0.15) is 83.1 Å². The molecule has 0 amide bonds. The SMILES string of the molecule is CC(C)(C)P([c-]1[cH-][cH-][cH-][cH-]1)C(C)(C)C.CC(C)(C)P([c-]1cccc1)C(C)(C)C.[Fe].[Pd]. The van der Waals surface area contributed by atoms with Gasteiger partial charge in [0.05, 0.1) is 0 Å². The van der Waals surface area contributed by atoms with Gasteiger partial charge in [-0.1, -0.05) is 83.1 Å². The van der Waals surface area contributed by atoms with E-state index in [2.05, 4.69) is 132 Å². The number of rotatable bonds is 2. The first-order valence-corrected chi connectivity index (χ1v) is 13.2. The summed E-state index contributed by atoms with van der Waals surface area (Å²) in [5, 5.41) is 4.65. The molecule has 0 spiro atoms. The second kappa shape index (κ2) is 12.3. The van der Waals surface area contributed by atoms with E-state index in [0.29, 0.717) is 20.6 Å². The van der Waals surface area contributed by atoms with Crippen molar-refractivity contribution in [3.05, 3.63) is 48.5 Å². The molecule has 0 nitrogen and oxygen atoms in total. The van der Waals surface area contributed by atoms with Gasteiger partial charge in [-0.05, 0) is 20.6 Å². The largest absolute Gasteiger partial charge is 0.747 e. The van der Waals surface area contributed by atoms with Crippen molar-refractivity contribution in [3.63, 3.8) is 0 Å². The van der Waals surface area contributed by atoms with Crippen molar-refractivity contribution in [2.45, 2.75) is 104 Å². The minimum Gasteiger partial charge on any atom is -0.747 e. The van der Waals surface area contributed by atoms with Crippen molar-refractivity contribution >= 4 is 26.5 Å². The summed E-state index contributed by atoms with van der Waals surface area (Å²) in [5.41, 5.74) is 0. The maximum Gasteiger partial charge on any atom is 0 e. The van der Waals surface area contributed by atoms with Crippen LogP contribution < -0.4 is 10.6 Å². The van der Waals surface area contributed by atoms with Crippen molar-refractivity contribution in [1.82, 2.24) is 0 Å². The Labute approximate surface area is 215 Å². The van der Waals surface area contributed by atoms with Gasteiger partial charge in [0, 0.05) is 37.5 Å². The van der Waals surface area contributed by atoms with Crippen molar-refractivity contribution in [2.24, 2.45) is 0 Å². The van der Waals surface area contributed by atoms with E-state index in [1.807, 2.05) is 0 Å². The van der Waals surface area contributed by atoms with Gasteiger partial charge in [-0.15, -0.1) is 13.2 Å². The summed E-state index contributed by atoms with van der Waals surface area (Å²) >= 11 is 0. The molecule has 2 aromatic rings. The van der Waals surface area contributed by atoms with Gasteiger partial charge in [0.25, 0.3) is 0 Å². The molecule has 0 saturated carbocycles. The standard InChI is InChI=1S/2C13H22P.Fe.Pd/c2*1-12(2,3)14(13(4,5)6)11-9-7-8-10-11;;/h2*7-10H,1-6H3;;/q-5;-1;;. The summed E-state index contributed by atoms with van der Waals surface area (Å²) in [6.07, 6.45) is 0. The number of hydrogen-bond donors (Lipinski definition) is 0. The maximum atomic E-state index is 2.36. The predicted molar refractivity (Wildman–Crippen MR) is 136 cm³/mol. The second-order valence-electron chi connectivity index (χ2n) is 11.6. The molecule has 182 valence electrons. The molecule has 0 atom stereocenters. The molecule has 0 aliphatic heterocycles. The third-order valence-corrected chi connectivity index (χ3v) is 11.5. The van der Waals surface area contributed by atoms with Crippen LogP contribution in [-0.2, 0) is 37.5 Å². The van der Waals surface area contributed by atoms with Gasteiger partial charge in [-0.3, -0.25) is 7.92 Å². The van der Waals surface area contributed by atoms with Crippen molar-refractivity contribution < 1.29 is 37.5 Å². The first kappa shape index (κ1) is 32.9. The Morgan fingerprint density at radius 1 is 0.567 bits per heavy atom. The van der Waals surface area contributed by atoms with E-state index >= 15 is 0 Å². The minimum atomic E-state index is -0.101. The molecule has 2 aromatic carbocycles. The summed E-state index contributed by atoms with van der Waals surface area (Å²) in [5.74, 6) is 0. The van der Waals surface area contributed by atoms with E-state index in [4.69, 9.17) is 0 Å². The van der Waals surface area contributed by atoms with Crippen LogP contribution in [0, 0.1) is 0 Å². The Bertz CT molecular complexity index is 585. The van der Waals surface area contributed by atoms with Crippen LogP contribution >= 0.6 is 15.8 Å². The molecular formula is C26H44FeP2Pd-6. The van der Waals surface area contributed by atoms with E-state index in [-0.39, 0.29) is 53.3 Å². The van der Waals surface area contributed by atoms with Crippen LogP contribution in [0.2, 0.25) is 0 Å². The van der Waals surface area contributed by atoms with Crippen LogP contribution in [0.3, 0.4) is 0 Å². The first-order valence-electron chi connectivity index (χ1n) is 10.5. The molecule has 0 saturated heterocycles. The molecule has 0 N–H and O–H groups in total.